The minimum atomic E-state index is -4.92. The first-order valence-electron chi connectivity index (χ1n) is 14.3. The predicted molar refractivity (Wildman–Crippen MR) is 160 cm³/mol. The van der Waals surface area contributed by atoms with Crippen LogP contribution < -0.4 is 11.2 Å². The number of H-pyrrole nitrogens is 1. The van der Waals surface area contributed by atoms with Gasteiger partial charge < -0.3 is 29.2 Å². The van der Waals surface area contributed by atoms with Crippen molar-refractivity contribution in [3.05, 3.63) is 140 Å². The maximum atomic E-state index is 14.1. The molecule has 1 saturated heterocycles. The monoisotopic (exact) mass is 656 g/mol. The highest BCUT2D eigenvalue weighted by Gasteiger charge is 2.78. The van der Waals surface area contributed by atoms with E-state index in [0.717, 1.165) is 18.8 Å². The van der Waals surface area contributed by atoms with E-state index in [0.29, 0.717) is 22.9 Å². The van der Waals surface area contributed by atoms with Crippen LogP contribution in [0.3, 0.4) is 0 Å². The number of esters is 1. The predicted octanol–water partition coefficient (Wildman–Crippen LogP) is 2.68. The van der Waals surface area contributed by atoms with E-state index in [-0.39, 0.29) is 0 Å². The van der Waals surface area contributed by atoms with Crippen molar-refractivity contribution >= 4 is 5.97 Å². The van der Waals surface area contributed by atoms with Gasteiger partial charge in [0.25, 0.3) is 5.56 Å². The summed E-state index contributed by atoms with van der Waals surface area (Å²) in [4.78, 5) is 42.1. The lowest BCUT2D eigenvalue weighted by Crippen LogP contribution is -2.71. The van der Waals surface area contributed by atoms with Crippen LogP contribution in [0.5, 0.6) is 0 Å². The van der Waals surface area contributed by atoms with Crippen LogP contribution >= 0.6 is 0 Å². The van der Waals surface area contributed by atoms with Gasteiger partial charge in [-0.05, 0) is 16.7 Å². The molecule has 248 valence electrons. The number of alkyl halides is 3. The molecule has 1 aromatic heterocycles. The first-order chi connectivity index (χ1) is 22.4. The van der Waals surface area contributed by atoms with Gasteiger partial charge in [-0.1, -0.05) is 91.0 Å². The van der Waals surface area contributed by atoms with Crippen LogP contribution in [0.2, 0.25) is 0 Å². The zero-order chi connectivity index (χ0) is 34.0. The highest BCUT2D eigenvalue weighted by molar-refractivity contribution is 5.88. The van der Waals surface area contributed by atoms with E-state index in [1.54, 1.807) is 91.0 Å². The van der Waals surface area contributed by atoms with Crippen molar-refractivity contribution in [1.82, 2.24) is 9.55 Å². The van der Waals surface area contributed by atoms with Crippen molar-refractivity contribution in [3.8, 4) is 0 Å². The number of ether oxygens (including phenoxy) is 4. The Morgan fingerprint density at radius 1 is 0.894 bits per heavy atom. The first kappa shape index (κ1) is 33.8. The Bertz CT molecular complexity index is 1710. The Morgan fingerprint density at radius 3 is 1.77 bits per heavy atom. The molecule has 4 aromatic rings. The topological polar surface area (TPSA) is 149 Å². The summed E-state index contributed by atoms with van der Waals surface area (Å²) in [6.07, 6.45) is -7.61. The van der Waals surface area contributed by atoms with Gasteiger partial charge in [-0.25, -0.2) is 9.59 Å². The number of aromatic amines is 1. The molecule has 5 rings (SSSR count). The van der Waals surface area contributed by atoms with Crippen molar-refractivity contribution in [2.45, 2.75) is 35.3 Å². The molecule has 1 aliphatic heterocycles. The van der Waals surface area contributed by atoms with Gasteiger partial charge in [0.2, 0.25) is 11.5 Å². The number of carbonyl (C=O) groups excluding carboxylic acids is 1. The molecule has 0 radical (unpaired) electrons. The molecule has 3 atom stereocenters. The van der Waals surface area contributed by atoms with Gasteiger partial charge in [0, 0.05) is 20.4 Å². The summed E-state index contributed by atoms with van der Waals surface area (Å²) < 4.78 is 62.7. The number of carbonyl (C=O) groups is 1. The molecule has 0 unspecified atom stereocenters. The lowest BCUT2D eigenvalue weighted by molar-refractivity contribution is -0.339. The minimum Gasteiger partial charge on any atom is -0.452 e. The molecule has 3 aromatic carbocycles. The molecule has 0 saturated carbocycles. The van der Waals surface area contributed by atoms with Gasteiger partial charge in [-0.3, -0.25) is 14.3 Å². The molecule has 1 aliphatic rings. The van der Waals surface area contributed by atoms with Gasteiger partial charge in [0.15, 0.2) is 6.61 Å². The maximum absolute atomic E-state index is 14.1. The van der Waals surface area contributed by atoms with Gasteiger partial charge in [0.05, 0.1) is 12.0 Å². The van der Waals surface area contributed by atoms with Crippen LogP contribution in [0.1, 0.15) is 27.0 Å². The molecule has 0 amide bonds. The largest absolute Gasteiger partial charge is 0.452 e. The Balaban J connectivity index is 2.04. The van der Waals surface area contributed by atoms with Crippen molar-refractivity contribution in [2.24, 2.45) is 0 Å². The molecule has 11 nitrogen and oxygen atoms in total. The van der Waals surface area contributed by atoms with Crippen LogP contribution in [0, 0.1) is 0 Å². The molecule has 2 heterocycles. The molecule has 3 N–H and O–H groups in total. The Hall–Kier alpha value is -4.60. The zero-order valence-electron chi connectivity index (χ0n) is 25.1. The lowest BCUT2D eigenvalue weighted by atomic mass is 9.59. The summed E-state index contributed by atoms with van der Waals surface area (Å²) in [6.45, 7) is -2.84. The third kappa shape index (κ3) is 5.27. The number of hydrogen-bond acceptors (Lipinski definition) is 9. The third-order valence-electron chi connectivity index (χ3n) is 8.32. The van der Waals surface area contributed by atoms with Gasteiger partial charge in [0.1, 0.15) is 17.8 Å². The van der Waals surface area contributed by atoms with E-state index in [2.05, 4.69) is 4.74 Å². The second kappa shape index (κ2) is 12.9. The summed E-state index contributed by atoms with van der Waals surface area (Å²) in [5.74, 6) is -4.15. The quantitative estimate of drug-likeness (QED) is 0.133. The average molecular weight is 657 g/mol. The Kier molecular flexibility index (Phi) is 9.26. The molecule has 47 heavy (non-hydrogen) atoms. The van der Waals surface area contributed by atoms with Crippen molar-refractivity contribution < 1.29 is 47.1 Å². The molecular weight excluding hydrogens is 625 g/mol. The van der Waals surface area contributed by atoms with Crippen molar-refractivity contribution in [1.29, 1.82) is 0 Å². The number of rotatable bonds is 10. The molecule has 14 heteroatoms. The van der Waals surface area contributed by atoms with E-state index < -0.39 is 71.3 Å². The van der Waals surface area contributed by atoms with E-state index >= 15 is 0 Å². The third-order valence-corrected chi connectivity index (χ3v) is 8.32. The summed E-state index contributed by atoms with van der Waals surface area (Å²) in [5.41, 5.74) is -6.69. The fourth-order valence-corrected chi connectivity index (χ4v) is 6.53. The molecular formula is C33H31F3N2O9. The van der Waals surface area contributed by atoms with Crippen LogP contribution in [0.25, 0.3) is 0 Å². The van der Waals surface area contributed by atoms with Crippen LogP contribution in [0.4, 0.5) is 13.2 Å². The number of aromatic nitrogens is 2. The summed E-state index contributed by atoms with van der Waals surface area (Å²) in [5, 5.41) is 22.4. The number of halogens is 3. The van der Waals surface area contributed by atoms with Gasteiger partial charge in [-0.15, -0.1) is 0 Å². The number of hydrogen-bond donors (Lipinski definition) is 3. The standard InChI is InChI=1S/C33H31F3N2O9/c1-44-32(45-2)26(40)25(19-39)47-33(32,38-18-24(27(41)37-29(38)43)28(42)46-20-30(34,35)36)31(21-12-6-3-7-13-21,22-14-8-4-9-15-22)23-16-10-5-11-17-23/h3-18,25-26,39-40H,19-20H2,1-2H3,(H,37,41,43)/t25-,26-,33-/m1/s1. The molecule has 1 fully saturated rings. The second-order valence-corrected chi connectivity index (χ2v) is 10.7. The fraction of sp³-hybridized carbons (Fsp3) is 0.303. The van der Waals surface area contributed by atoms with Crippen LogP contribution in [0.15, 0.2) is 107 Å². The second-order valence-electron chi connectivity index (χ2n) is 10.7. The molecule has 0 spiro atoms. The van der Waals surface area contributed by atoms with Crippen LogP contribution in [-0.2, 0) is 30.1 Å². The highest BCUT2D eigenvalue weighted by atomic mass is 19.4. The lowest BCUT2D eigenvalue weighted by Gasteiger charge is -2.55. The minimum absolute atomic E-state index is 0.418. The van der Waals surface area contributed by atoms with E-state index in [1.165, 1.54) is 0 Å². The average Bonchev–Trinajstić information content (AvgIpc) is 3.33. The summed E-state index contributed by atoms with van der Waals surface area (Å²) >= 11 is 0. The first-order valence-corrected chi connectivity index (χ1v) is 14.3. The smallest absolute Gasteiger partial charge is 0.422 e. The summed E-state index contributed by atoms with van der Waals surface area (Å²) in [7, 11) is 2.32. The Morgan fingerprint density at radius 2 is 1.36 bits per heavy atom. The summed E-state index contributed by atoms with van der Waals surface area (Å²) in [6, 6.07) is 25.6. The number of aliphatic hydroxyl groups excluding tert-OH is 2. The van der Waals surface area contributed by atoms with E-state index in [9.17, 15) is 37.8 Å². The van der Waals surface area contributed by atoms with Crippen molar-refractivity contribution in [2.75, 3.05) is 27.4 Å². The fourth-order valence-electron chi connectivity index (χ4n) is 6.53. The van der Waals surface area contributed by atoms with Gasteiger partial charge in [-0.2, -0.15) is 13.2 Å². The molecule has 0 bridgehead atoms. The van der Waals surface area contributed by atoms with Crippen LogP contribution in [-0.4, -0.2) is 77.3 Å². The number of methoxy groups -OCH3 is 2. The number of benzene rings is 3. The number of aliphatic hydroxyl groups is 2. The number of nitrogens with one attached hydrogen (secondary N) is 1. The Labute approximate surface area is 265 Å². The SMILES string of the molecule is COC1(OC)[C@H](O)[C@@H](CO)O[C@]1(n1cc(C(=O)OCC(F)(F)F)c(=O)[nH]c1=O)C(c1ccccc1)(c1ccccc1)c1ccccc1. The highest BCUT2D eigenvalue weighted by Crippen LogP contribution is 2.61. The maximum Gasteiger partial charge on any atom is 0.422 e. The number of nitrogens with zero attached hydrogens (tertiary/aromatic N) is 1. The van der Waals surface area contributed by atoms with Gasteiger partial charge >= 0.3 is 17.8 Å². The normalized spacial score (nSPS) is 21.0. The van der Waals surface area contributed by atoms with Crippen molar-refractivity contribution in [3.63, 3.8) is 0 Å². The zero-order valence-corrected chi connectivity index (χ0v) is 25.1. The molecule has 0 aliphatic carbocycles. The van der Waals surface area contributed by atoms with E-state index in [1.807, 2.05) is 4.98 Å². The van der Waals surface area contributed by atoms with E-state index in [4.69, 9.17) is 14.2 Å².